The number of aromatic nitrogens is 2. The van der Waals surface area contributed by atoms with Crippen molar-refractivity contribution in [3.63, 3.8) is 0 Å². The van der Waals surface area contributed by atoms with E-state index in [0.29, 0.717) is 23.6 Å². The van der Waals surface area contributed by atoms with Crippen molar-refractivity contribution in [2.24, 2.45) is 5.73 Å². The van der Waals surface area contributed by atoms with Gasteiger partial charge in [0.25, 0.3) is 0 Å². The Bertz CT molecular complexity index is 883. The molecule has 0 aliphatic heterocycles. The molecule has 0 radical (unpaired) electrons. The van der Waals surface area contributed by atoms with Gasteiger partial charge in [-0.05, 0) is 25.1 Å². The molecule has 1 aromatic heterocycles. The highest BCUT2D eigenvalue weighted by atomic mass is 32.2. The third-order valence-corrected chi connectivity index (χ3v) is 3.98. The van der Waals surface area contributed by atoms with Crippen LogP contribution in [-0.2, 0) is 26.0 Å². The zero-order valence-corrected chi connectivity index (χ0v) is 14.5. The normalized spacial score (nSPS) is 12.6. The molecule has 10 heteroatoms. The highest BCUT2D eigenvalue weighted by Crippen LogP contribution is 2.19. The summed E-state index contributed by atoms with van der Waals surface area (Å²) in [5.74, 6) is -2.51. The van der Waals surface area contributed by atoms with Crippen molar-refractivity contribution < 1.29 is 28.2 Å². The van der Waals surface area contributed by atoms with Gasteiger partial charge < -0.3 is 15.9 Å². The van der Waals surface area contributed by atoms with Crippen LogP contribution in [0.1, 0.15) is 6.92 Å². The Balaban J connectivity index is 0.000000333. The number of rotatable bonds is 5. The third kappa shape index (κ3) is 6.73. The van der Waals surface area contributed by atoms with Crippen LogP contribution in [0.5, 0.6) is 0 Å². The van der Waals surface area contributed by atoms with E-state index < -0.39 is 21.8 Å². The molecule has 0 aliphatic rings. The molecule has 1 heterocycles. The first-order valence-electron chi connectivity index (χ1n) is 7.06. The zero-order chi connectivity index (χ0) is 19.2. The number of fused-ring (bicyclic) bond motifs is 1. The standard InChI is InChI=1S/C11H15N3O2S.C4H4O4/c1-8(12)7-14-11-5-10(17(2,15)16)4-3-9(11)6-13-14;5-3(6)1-2-4(7)8/h3-6,8H,7,12H2,1-2H3;1-2H,(H,5,6)(H,7,8). The molecule has 25 heavy (non-hydrogen) atoms. The highest BCUT2D eigenvalue weighted by Gasteiger charge is 2.11. The predicted octanol–water partition coefficient (Wildman–Crippen LogP) is 0.499. The largest absolute Gasteiger partial charge is 0.478 e. The van der Waals surface area contributed by atoms with Gasteiger partial charge in [0.15, 0.2) is 9.84 Å². The van der Waals surface area contributed by atoms with Crippen LogP contribution in [0.15, 0.2) is 41.4 Å². The summed E-state index contributed by atoms with van der Waals surface area (Å²) in [6, 6.07) is 4.96. The van der Waals surface area contributed by atoms with Crippen LogP contribution in [0.4, 0.5) is 0 Å². The SMILES string of the molecule is CC(N)Cn1ncc2ccc(S(C)(=O)=O)cc21.O=C(O)C=CC(=O)O. The molecule has 0 saturated carbocycles. The summed E-state index contributed by atoms with van der Waals surface area (Å²) in [6.07, 6.45) is 4.02. The lowest BCUT2D eigenvalue weighted by Gasteiger charge is -2.07. The van der Waals surface area contributed by atoms with Gasteiger partial charge in [0.1, 0.15) is 0 Å². The Morgan fingerprint density at radius 3 is 2.28 bits per heavy atom. The number of sulfone groups is 1. The molecular weight excluding hydrogens is 350 g/mol. The number of benzene rings is 1. The van der Waals surface area contributed by atoms with Crippen LogP contribution in [0, 0.1) is 0 Å². The molecule has 0 fully saturated rings. The maximum Gasteiger partial charge on any atom is 0.328 e. The minimum atomic E-state index is -3.19. The lowest BCUT2D eigenvalue weighted by Crippen LogP contribution is -2.22. The second kappa shape index (κ2) is 8.40. The fourth-order valence-corrected chi connectivity index (χ4v) is 2.48. The average Bonchev–Trinajstić information content (AvgIpc) is 2.87. The Labute approximate surface area is 144 Å². The van der Waals surface area contributed by atoms with E-state index in [-0.39, 0.29) is 6.04 Å². The van der Waals surface area contributed by atoms with Gasteiger partial charge in [0.05, 0.1) is 23.2 Å². The van der Waals surface area contributed by atoms with Crippen LogP contribution < -0.4 is 5.73 Å². The van der Waals surface area contributed by atoms with Crippen LogP contribution in [-0.4, -0.2) is 52.6 Å². The van der Waals surface area contributed by atoms with Gasteiger partial charge in [-0.2, -0.15) is 5.10 Å². The topological polar surface area (TPSA) is 153 Å². The molecule has 0 bridgehead atoms. The molecule has 1 atom stereocenters. The molecule has 0 aliphatic carbocycles. The van der Waals surface area contributed by atoms with E-state index in [2.05, 4.69) is 5.10 Å². The number of nitrogens with two attached hydrogens (primary N) is 1. The van der Waals surface area contributed by atoms with Crippen LogP contribution >= 0.6 is 0 Å². The quantitative estimate of drug-likeness (QED) is 0.644. The van der Waals surface area contributed by atoms with Gasteiger partial charge in [-0.25, -0.2) is 18.0 Å². The molecule has 4 N–H and O–H groups in total. The van der Waals surface area contributed by atoms with E-state index in [0.717, 1.165) is 10.9 Å². The van der Waals surface area contributed by atoms with Gasteiger partial charge in [-0.1, -0.05) is 0 Å². The van der Waals surface area contributed by atoms with Crippen molar-refractivity contribution in [1.29, 1.82) is 0 Å². The van der Waals surface area contributed by atoms with Gasteiger partial charge in [0, 0.05) is 29.8 Å². The van der Waals surface area contributed by atoms with Gasteiger partial charge in [0.2, 0.25) is 0 Å². The van der Waals surface area contributed by atoms with Crippen molar-refractivity contribution >= 4 is 32.7 Å². The number of carboxylic acid groups (broad SMARTS) is 2. The van der Waals surface area contributed by atoms with E-state index in [1.807, 2.05) is 6.92 Å². The minimum Gasteiger partial charge on any atom is -0.478 e. The Morgan fingerprint density at radius 1 is 1.28 bits per heavy atom. The van der Waals surface area contributed by atoms with Crippen molar-refractivity contribution in [1.82, 2.24) is 9.78 Å². The molecule has 136 valence electrons. The lowest BCUT2D eigenvalue weighted by atomic mass is 10.2. The van der Waals surface area contributed by atoms with Crippen molar-refractivity contribution in [2.45, 2.75) is 24.4 Å². The second-order valence-corrected chi connectivity index (χ2v) is 7.32. The maximum atomic E-state index is 11.5. The summed E-state index contributed by atoms with van der Waals surface area (Å²) in [4.78, 5) is 19.4. The van der Waals surface area contributed by atoms with Gasteiger partial charge in [-0.15, -0.1) is 0 Å². The molecule has 0 spiro atoms. The first-order chi connectivity index (χ1) is 11.5. The monoisotopic (exact) mass is 369 g/mol. The summed E-state index contributed by atoms with van der Waals surface area (Å²) in [7, 11) is -3.19. The number of aliphatic carboxylic acids is 2. The smallest absolute Gasteiger partial charge is 0.328 e. The highest BCUT2D eigenvalue weighted by molar-refractivity contribution is 7.90. The van der Waals surface area contributed by atoms with Crippen molar-refractivity contribution in [3.8, 4) is 0 Å². The number of hydrogen-bond acceptors (Lipinski definition) is 6. The second-order valence-electron chi connectivity index (χ2n) is 5.31. The van der Waals surface area contributed by atoms with Gasteiger partial charge in [-0.3, -0.25) is 4.68 Å². The van der Waals surface area contributed by atoms with E-state index in [1.165, 1.54) is 6.26 Å². The summed E-state index contributed by atoms with van der Waals surface area (Å²) >= 11 is 0. The van der Waals surface area contributed by atoms with Crippen LogP contribution in [0.3, 0.4) is 0 Å². The molecule has 0 amide bonds. The Morgan fingerprint density at radius 2 is 1.84 bits per heavy atom. The molecule has 2 aromatic rings. The number of hydrogen-bond donors (Lipinski definition) is 3. The minimum absolute atomic E-state index is 0.0278. The fourth-order valence-electron chi connectivity index (χ4n) is 1.84. The first-order valence-corrected chi connectivity index (χ1v) is 8.95. The predicted molar refractivity (Wildman–Crippen MR) is 90.9 cm³/mol. The molecular formula is C15H19N3O6S. The van der Waals surface area contributed by atoms with E-state index in [4.69, 9.17) is 15.9 Å². The Hall–Kier alpha value is -2.72. The average molecular weight is 369 g/mol. The fraction of sp³-hybridized carbons (Fsp3) is 0.267. The summed E-state index contributed by atoms with van der Waals surface area (Å²) in [5.41, 5.74) is 6.52. The van der Waals surface area contributed by atoms with E-state index in [1.54, 1.807) is 29.1 Å². The van der Waals surface area contributed by atoms with Crippen molar-refractivity contribution in [3.05, 3.63) is 36.5 Å². The van der Waals surface area contributed by atoms with E-state index >= 15 is 0 Å². The molecule has 1 unspecified atom stereocenters. The molecule has 9 nitrogen and oxygen atoms in total. The van der Waals surface area contributed by atoms with Crippen LogP contribution in [0.2, 0.25) is 0 Å². The number of nitrogens with zero attached hydrogens (tertiary/aromatic N) is 2. The summed E-state index contributed by atoms with van der Waals surface area (Å²) in [6.45, 7) is 2.45. The Kier molecular flexibility index (Phi) is 6.83. The number of carbonyl (C=O) groups is 2. The zero-order valence-electron chi connectivity index (χ0n) is 13.7. The molecule has 0 saturated heterocycles. The van der Waals surface area contributed by atoms with Crippen molar-refractivity contribution in [2.75, 3.05) is 6.26 Å². The third-order valence-electron chi connectivity index (χ3n) is 2.87. The first kappa shape index (κ1) is 20.3. The maximum absolute atomic E-state index is 11.5. The number of carboxylic acids is 2. The van der Waals surface area contributed by atoms with E-state index in [9.17, 15) is 18.0 Å². The lowest BCUT2D eigenvalue weighted by molar-refractivity contribution is -0.134. The summed E-state index contributed by atoms with van der Waals surface area (Å²) < 4.78 is 24.7. The molecule has 1 aromatic carbocycles. The van der Waals surface area contributed by atoms with Crippen LogP contribution in [0.25, 0.3) is 10.9 Å². The molecule has 2 rings (SSSR count). The summed E-state index contributed by atoms with van der Waals surface area (Å²) in [5, 5.41) is 20.7. The van der Waals surface area contributed by atoms with Gasteiger partial charge >= 0.3 is 11.9 Å².